The highest BCUT2D eigenvalue weighted by Crippen LogP contribution is 2.26. The number of aliphatic imine (C=N–C) groups is 1. The van der Waals surface area contributed by atoms with Gasteiger partial charge in [-0.3, -0.25) is 0 Å². The van der Waals surface area contributed by atoms with Gasteiger partial charge in [0.1, 0.15) is 17.1 Å². The highest BCUT2D eigenvalue weighted by atomic mass is 16.5. The molecule has 1 aromatic heterocycles. The normalized spacial score (nSPS) is 13.7. The Labute approximate surface area is 172 Å². The van der Waals surface area contributed by atoms with Gasteiger partial charge in [-0.1, -0.05) is 12.1 Å². The lowest BCUT2D eigenvalue weighted by Crippen LogP contribution is -2.44. The van der Waals surface area contributed by atoms with Crippen LogP contribution < -0.4 is 10.6 Å². The summed E-state index contributed by atoms with van der Waals surface area (Å²) in [5.74, 6) is 1.74. The van der Waals surface area contributed by atoms with Crippen LogP contribution in [0.25, 0.3) is 0 Å². The summed E-state index contributed by atoms with van der Waals surface area (Å²) in [6.45, 7) is 11.0. The second-order valence-corrected chi connectivity index (χ2v) is 7.07. The zero-order valence-electron chi connectivity index (χ0n) is 17.8. The molecule has 29 heavy (non-hydrogen) atoms. The van der Waals surface area contributed by atoms with E-state index in [1.165, 1.54) is 0 Å². The Hall–Kier alpha value is -2.80. The van der Waals surface area contributed by atoms with Gasteiger partial charge in [0.05, 0.1) is 25.3 Å². The fourth-order valence-corrected chi connectivity index (χ4v) is 2.99. The zero-order chi connectivity index (χ0) is 21.4. The van der Waals surface area contributed by atoms with Crippen molar-refractivity contribution in [2.75, 3.05) is 19.7 Å². The van der Waals surface area contributed by atoms with E-state index in [-0.39, 0.29) is 12.5 Å². The van der Waals surface area contributed by atoms with E-state index in [4.69, 9.17) is 9.15 Å². The molecule has 0 radical (unpaired) electrons. The Balaban J connectivity index is 2.02. The van der Waals surface area contributed by atoms with E-state index in [0.29, 0.717) is 37.0 Å². The number of hydrogen-bond acceptors (Lipinski definition) is 5. The fourth-order valence-electron chi connectivity index (χ4n) is 2.99. The molecule has 1 heterocycles. The molecule has 2 aromatic rings. The van der Waals surface area contributed by atoms with Gasteiger partial charge in [0.25, 0.3) is 0 Å². The number of hydrogen-bond donors (Lipinski definition) is 3. The van der Waals surface area contributed by atoms with Gasteiger partial charge in [-0.15, -0.1) is 0 Å². The van der Waals surface area contributed by atoms with Crippen molar-refractivity contribution in [2.45, 2.75) is 46.8 Å². The predicted molar refractivity (Wildman–Crippen MR) is 113 cm³/mol. The Morgan fingerprint density at radius 3 is 2.45 bits per heavy atom. The number of carbonyl (C=O) groups is 1. The van der Waals surface area contributed by atoms with Crippen molar-refractivity contribution < 1.29 is 19.1 Å². The number of guanidine groups is 1. The molecule has 0 spiro atoms. The molecule has 1 atom stereocenters. The van der Waals surface area contributed by atoms with Crippen molar-refractivity contribution in [2.24, 2.45) is 4.99 Å². The van der Waals surface area contributed by atoms with Crippen LogP contribution in [0.2, 0.25) is 0 Å². The van der Waals surface area contributed by atoms with Crippen LogP contribution in [0.5, 0.6) is 0 Å². The largest absolute Gasteiger partial charge is 0.466 e. The molecule has 0 aliphatic carbocycles. The minimum atomic E-state index is -1.10. The summed E-state index contributed by atoms with van der Waals surface area (Å²) in [5, 5.41) is 17.2. The van der Waals surface area contributed by atoms with Crippen LogP contribution in [0.4, 0.5) is 0 Å². The predicted octanol–water partition coefficient (Wildman–Crippen LogP) is 3.04. The van der Waals surface area contributed by atoms with E-state index >= 15 is 0 Å². The molecule has 2 rings (SSSR count). The van der Waals surface area contributed by atoms with Gasteiger partial charge in [0.15, 0.2) is 5.96 Å². The van der Waals surface area contributed by atoms with Crippen LogP contribution in [-0.2, 0) is 16.9 Å². The summed E-state index contributed by atoms with van der Waals surface area (Å²) >= 11 is 0. The first-order valence-electron chi connectivity index (χ1n) is 9.85. The molecule has 7 nitrogen and oxygen atoms in total. The average Bonchev–Trinajstić information content (AvgIpc) is 3.03. The van der Waals surface area contributed by atoms with Crippen molar-refractivity contribution in [1.82, 2.24) is 10.6 Å². The van der Waals surface area contributed by atoms with Gasteiger partial charge in [-0.2, -0.15) is 0 Å². The third kappa shape index (κ3) is 6.35. The lowest BCUT2D eigenvalue weighted by Gasteiger charge is -2.24. The van der Waals surface area contributed by atoms with Gasteiger partial charge in [-0.25, -0.2) is 9.79 Å². The lowest BCUT2D eigenvalue weighted by atomic mass is 9.96. The molecule has 1 unspecified atom stereocenters. The number of nitrogens with one attached hydrogen (secondary N) is 2. The molecule has 0 aliphatic heterocycles. The van der Waals surface area contributed by atoms with Gasteiger partial charge in [0, 0.05) is 12.1 Å². The Morgan fingerprint density at radius 2 is 1.90 bits per heavy atom. The van der Waals surface area contributed by atoms with E-state index in [2.05, 4.69) is 15.6 Å². The zero-order valence-corrected chi connectivity index (χ0v) is 17.8. The maximum atomic E-state index is 11.7. The molecular weight excluding hydrogens is 370 g/mol. The van der Waals surface area contributed by atoms with Gasteiger partial charge in [-0.05, 0) is 58.4 Å². The van der Waals surface area contributed by atoms with Crippen LogP contribution >= 0.6 is 0 Å². The van der Waals surface area contributed by atoms with E-state index in [0.717, 1.165) is 16.9 Å². The number of furan rings is 1. The maximum Gasteiger partial charge on any atom is 0.338 e. The quantitative estimate of drug-likeness (QED) is 0.357. The first kappa shape index (κ1) is 22.5. The SMILES string of the molecule is CCNC(=NCc1ccc(C(=O)OCC)cc1)NCC(C)(O)c1cc(C)oc1C. The first-order valence-corrected chi connectivity index (χ1v) is 9.85. The monoisotopic (exact) mass is 401 g/mol. The molecule has 0 saturated heterocycles. The van der Waals surface area contributed by atoms with Crippen LogP contribution in [0.15, 0.2) is 39.7 Å². The van der Waals surface area contributed by atoms with Crippen molar-refractivity contribution in [3.8, 4) is 0 Å². The van der Waals surface area contributed by atoms with Crippen LogP contribution in [0, 0.1) is 13.8 Å². The molecule has 3 N–H and O–H groups in total. The average molecular weight is 402 g/mol. The van der Waals surface area contributed by atoms with Gasteiger partial charge >= 0.3 is 5.97 Å². The Bertz CT molecular complexity index is 838. The first-order chi connectivity index (χ1) is 13.8. The fraction of sp³-hybridized carbons (Fsp3) is 0.455. The molecular formula is C22H31N3O4. The molecule has 7 heteroatoms. The highest BCUT2D eigenvalue weighted by molar-refractivity contribution is 5.89. The summed E-state index contributed by atoms with van der Waals surface area (Å²) in [4.78, 5) is 16.3. The summed E-state index contributed by atoms with van der Waals surface area (Å²) in [6.07, 6.45) is 0. The van der Waals surface area contributed by atoms with Crippen LogP contribution in [0.3, 0.4) is 0 Å². The van der Waals surface area contributed by atoms with Gasteiger partial charge in [0.2, 0.25) is 0 Å². The standard InChI is InChI=1S/C22H31N3O4/c1-6-23-21(25-14-22(5,27)19-12-15(3)29-16(19)4)24-13-17-8-10-18(11-9-17)20(26)28-7-2/h8-12,27H,6-7,13-14H2,1-5H3,(H2,23,24,25). The van der Waals surface area contributed by atoms with Crippen molar-refractivity contribution in [1.29, 1.82) is 0 Å². The number of aryl methyl sites for hydroxylation is 2. The summed E-state index contributed by atoms with van der Waals surface area (Å²) in [6, 6.07) is 9.03. The second-order valence-electron chi connectivity index (χ2n) is 7.07. The molecule has 1 aromatic carbocycles. The minimum absolute atomic E-state index is 0.278. The smallest absolute Gasteiger partial charge is 0.338 e. The molecule has 0 aliphatic rings. The van der Waals surface area contributed by atoms with E-state index < -0.39 is 5.60 Å². The molecule has 0 fully saturated rings. The molecule has 0 amide bonds. The number of esters is 1. The number of benzene rings is 1. The lowest BCUT2D eigenvalue weighted by molar-refractivity contribution is 0.0526. The highest BCUT2D eigenvalue weighted by Gasteiger charge is 2.27. The Morgan fingerprint density at radius 1 is 1.21 bits per heavy atom. The van der Waals surface area contributed by atoms with Crippen molar-refractivity contribution >= 4 is 11.9 Å². The third-order valence-electron chi connectivity index (χ3n) is 4.45. The van der Waals surface area contributed by atoms with Crippen molar-refractivity contribution in [3.63, 3.8) is 0 Å². The van der Waals surface area contributed by atoms with Crippen LogP contribution in [-0.4, -0.2) is 36.7 Å². The maximum absolute atomic E-state index is 11.7. The van der Waals surface area contributed by atoms with Crippen LogP contribution in [0.1, 0.15) is 53.8 Å². The molecule has 158 valence electrons. The Kier molecular flexibility index (Phi) is 7.84. The second kappa shape index (κ2) is 10.1. The minimum Gasteiger partial charge on any atom is -0.466 e. The number of carbonyl (C=O) groups excluding carboxylic acids is 1. The van der Waals surface area contributed by atoms with Gasteiger partial charge < -0.3 is 24.9 Å². The number of rotatable bonds is 8. The van der Waals surface area contributed by atoms with E-state index in [1.54, 1.807) is 26.0 Å². The molecule has 0 bridgehead atoms. The third-order valence-corrected chi connectivity index (χ3v) is 4.45. The topological polar surface area (TPSA) is 96.1 Å². The summed E-state index contributed by atoms with van der Waals surface area (Å²) in [7, 11) is 0. The van der Waals surface area contributed by atoms with E-state index in [1.807, 2.05) is 39.0 Å². The summed E-state index contributed by atoms with van der Waals surface area (Å²) < 4.78 is 10.5. The number of aliphatic hydroxyl groups is 1. The molecule has 0 saturated carbocycles. The van der Waals surface area contributed by atoms with E-state index in [9.17, 15) is 9.90 Å². The number of ether oxygens (including phenoxy) is 1. The summed E-state index contributed by atoms with van der Waals surface area (Å²) in [5.41, 5.74) is 1.14. The van der Waals surface area contributed by atoms with Crippen molar-refractivity contribution in [3.05, 3.63) is 58.5 Å². The number of nitrogens with zero attached hydrogens (tertiary/aromatic N) is 1.